The molecule has 1 aromatic carbocycles. The lowest BCUT2D eigenvalue weighted by molar-refractivity contribution is 0.353. The fourth-order valence-corrected chi connectivity index (χ4v) is 1.28. The van der Waals surface area contributed by atoms with Crippen molar-refractivity contribution in [1.82, 2.24) is 9.78 Å². The van der Waals surface area contributed by atoms with E-state index in [-0.39, 0.29) is 0 Å². The average molecular weight is 176 g/mol. The lowest BCUT2D eigenvalue weighted by Crippen LogP contribution is -1.97. The van der Waals surface area contributed by atoms with Crippen LogP contribution < -0.4 is 0 Å². The van der Waals surface area contributed by atoms with E-state index in [1.54, 1.807) is 12.3 Å². The molecule has 1 heterocycles. The Morgan fingerprint density at radius 1 is 1.15 bits per heavy atom. The molecule has 0 radical (unpaired) electrons. The molecule has 0 amide bonds. The highest BCUT2D eigenvalue weighted by molar-refractivity contribution is 5.58. The van der Waals surface area contributed by atoms with Gasteiger partial charge in [0.2, 0.25) is 0 Å². The van der Waals surface area contributed by atoms with E-state index in [1.807, 2.05) is 30.3 Å². The fraction of sp³-hybridized carbons (Fsp3) is 0.100. The second kappa shape index (κ2) is 3.39. The molecule has 66 valence electrons. The van der Waals surface area contributed by atoms with E-state index < -0.39 is 6.80 Å². The topological polar surface area (TPSA) is 17.8 Å². The molecule has 0 aliphatic heterocycles. The second-order valence-corrected chi connectivity index (χ2v) is 2.70. The lowest BCUT2D eigenvalue weighted by atomic mass is 10.1. The van der Waals surface area contributed by atoms with Crippen LogP contribution in [0.2, 0.25) is 0 Å². The fourth-order valence-electron chi connectivity index (χ4n) is 1.28. The van der Waals surface area contributed by atoms with Crippen molar-refractivity contribution in [3.63, 3.8) is 0 Å². The highest BCUT2D eigenvalue weighted by Crippen LogP contribution is 2.17. The summed E-state index contributed by atoms with van der Waals surface area (Å²) in [6.07, 6.45) is 1.60. The van der Waals surface area contributed by atoms with Gasteiger partial charge in [-0.3, -0.25) is 0 Å². The normalized spacial score (nSPS) is 10.2. The molecule has 0 saturated carbocycles. The molecule has 0 spiro atoms. The van der Waals surface area contributed by atoms with Crippen LogP contribution in [0, 0.1) is 0 Å². The Labute approximate surface area is 75.6 Å². The number of aromatic nitrogens is 2. The van der Waals surface area contributed by atoms with Crippen molar-refractivity contribution in [3.8, 4) is 11.3 Å². The highest BCUT2D eigenvalue weighted by atomic mass is 19.1. The van der Waals surface area contributed by atoms with Crippen LogP contribution in [-0.2, 0) is 6.80 Å². The maximum atomic E-state index is 12.4. The summed E-state index contributed by atoms with van der Waals surface area (Å²) in [6, 6.07) is 11.4. The Morgan fingerprint density at radius 2 is 1.92 bits per heavy atom. The SMILES string of the molecule is FCn1nccc1-c1ccccc1. The van der Waals surface area contributed by atoms with Crippen molar-refractivity contribution in [1.29, 1.82) is 0 Å². The van der Waals surface area contributed by atoms with E-state index in [0.29, 0.717) is 0 Å². The van der Waals surface area contributed by atoms with Crippen LogP contribution in [0.15, 0.2) is 42.6 Å². The number of rotatable bonds is 2. The predicted octanol–water partition coefficient (Wildman–Crippen LogP) is 2.48. The van der Waals surface area contributed by atoms with Gasteiger partial charge in [0.25, 0.3) is 0 Å². The number of hydrogen-bond donors (Lipinski definition) is 0. The highest BCUT2D eigenvalue weighted by Gasteiger charge is 2.02. The van der Waals surface area contributed by atoms with Crippen LogP contribution >= 0.6 is 0 Å². The van der Waals surface area contributed by atoms with Crippen molar-refractivity contribution in [2.45, 2.75) is 6.80 Å². The summed E-state index contributed by atoms with van der Waals surface area (Å²) in [7, 11) is 0. The molecule has 0 unspecified atom stereocenters. The van der Waals surface area contributed by atoms with Crippen molar-refractivity contribution < 1.29 is 4.39 Å². The summed E-state index contributed by atoms with van der Waals surface area (Å²) in [6.45, 7) is -0.586. The Balaban J connectivity index is 2.47. The van der Waals surface area contributed by atoms with Crippen LogP contribution in [-0.4, -0.2) is 9.78 Å². The van der Waals surface area contributed by atoms with E-state index in [2.05, 4.69) is 5.10 Å². The second-order valence-electron chi connectivity index (χ2n) is 2.70. The largest absolute Gasteiger partial charge is 0.234 e. The molecule has 0 N–H and O–H groups in total. The number of alkyl halides is 1. The summed E-state index contributed by atoms with van der Waals surface area (Å²) in [5.41, 5.74) is 1.79. The van der Waals surface area contributed by atoms with Gasteiger partial charge in [0, 0.05) is 6.20 Å². The van der Waals surface area contributed by atoms with E-state index in [1.165, 1.54) is 4.68 Å². The Kier molecular flexibility index (Phi) is 2.08. The van der Waals surface area contributed by atoms with Crippen LogP contribution in [0.3, 0.4) is 0 Å². The van der Waals surface area contributed by atoms with Crippen molar-refractivity contribution in [3.05, 3.63) is 42.6 Å². The Hall–Kier alpha value is -1.64. The zero-order chi connectivity index (χ0) is 9.10. The van der Waals surface area contributed by atoms with Gasteiger partial charge in [-0.15, -0.1) is 0 Å². The van der Waals surface area contributed by atoms with Gasteiger partial charge in [-0.05, 0) is 11.6 Å². The smallest absolute Gasteiger partial charge is 0.182 e. The average Bonchev–Trinajstić information content (AvgIpc) is 2.67. The van der Waals surface area contributed by atoms with Gasteiger partial charge in [0.1, 0.15) is 0 Å². The third-order valence-corrected chi connectivity index (χ3v) is 1.90. The Bertz CT molecular complexity index is 381. The molecule has 2 rings (SSSR count). The molecule has 1 aromatic heterocycles. The van der Waals surface area contributed by atoms with Crippen molar-refractivity contribution in [2.75, 3.05) is 0 Å². The third kappa shape index (κ3) is 1.45. The number of hydrogen-bond acceptors (Lipinski definition) is 1. The van der Waals surface area contributed by atoms with Gasteiger partial charge in [-0.1, -0.05) is 30.3 Å². The summed E-state index contributed by atoms with van der Waals surface area (Å²) in [5.74, 6) is 0. The van der Waals surface area contributed by atoms with E-state index in [0.717, 1.165) is 11.3 Å². The first-order valence-electron chi connectivity index (χ1n) is 4.05. The third-order valence-electron chi connectivity index (χ3n) is 1.90. The molecule has 0 fully saturated rings. The predicted molar refractivity (Wildman–Crippen MR) is 48.8 cm³/mol. The van der Waals surface area contributed by atoms with E-state index in [4.69, 9.17) is 0 Å². The molecule has 0 saturated heterocycles. The van der Waals surface area contributed by atoms with Crippen LogP contribution in [0.25, 0.3) is 11.3 Å². The summed E-state index contributed by atoms with van der Waals surface area (Å²) in [5, 5.41) is 3.85. The summed E-state index contributed by atoms with van der Waals surface area (Å²) >= 11 is 0. The van der Waals surface area contributed by atoms with Crippen molar-refractivity contribution >= 4 is 0 Å². The van der Waals surface area contributed by atoms with E-state index >= 15 is 0 Å². The molecule has 0 aliphatic rings. The first-order chi connectivity index (χ1) is 6.42. The molecule has 2 nitrogen and oxygen atoms in total. The lowest BCUT2D eigenvalue weighted by Gasteiger charge is -2.01. The van der Waals surface area contributed by atoms with E-state index in [9.17, 15) is 4.39 Å². The molecule has 2 aromatic rings. The molecule has 0 bridgehead atoms. The summed E-state index contributed by atoms with van der Waals surface area (Å²) in [4.78, 5) is 0. The number of halogens is 1. The van der Waals surface area contributed by atoms with Gasteiger partial charge >= 0.3 is 0 Å². The van der Waals surface area contributed by atoms with Gasteiger partial charge in [-0.2, -0.15) is 5.10 Å². The molecule has 0 atom stereocenters. The van der Waals surface area contributed by atoms with Gasteiger partial charge in [0.05, 0.1) is 5.69 Å². The monoisotopic (exact) mass is 176 g/mol. The maximum Gasteiger partial charge on any atom is 0.182 e. The molecular formula is C10H9FN2. The molecule has 3 heteroatoms. The minimum absolute atomic E-state index is 0.586. The number of benzene rings is 1. The molecule has 0 aliphatic carbocycles. The van der Waals surface area contributed by atoms with Crippen LogP contribution in [0.4, 0.5) is 4.39 Å². The molecular weight excluding hydrogens is 167 g/mol. The maximum absolute atomic E-state index is 12.4. The quantitative estimate of drug-likeness (QED) is 0.687. The zero-order valence-corrected chi connectivity index (χ0v) is 7.02. The first-order valence-corrected chi connectivity index (χ1v) is 4.05. The zero-order valence-electron chi connectivity index (χ0n) is 7.02. The standard InChI is InChI=1S/C10H9FN2/c11-8-13-10(6-7-12-13)9-4-2-1-3-5-9/h1-7H,8H2. The van der Waals surface area contributed by atoms with Gasteiger partial charge in [0.15, 0.2) is 6.80 Å². The first kappa shape index (κ1) is 7.98. The summed E-state index contributed by atoms with van der Waals surface area (Å²) < 4.78 is 13.7. The van der Waals surface area contributed by atoms with Gasteiger partial charge in [-0.25, -0.2) is 9.07 Å². The Morgan fingerprint density at radius 3 is 2.62 bits per heavy atom. The van der Waals surface area contributed by atoms with Crippen LogP contribution in [0.5, 0.6) is 0 Å². The number of nitrogens with zero attached hydrogens (tertiary/aromatic N) is 2. The minimum Gasteiger partial charge on any atom is -0.234 e. The minimum atomic E-state index is -0.586. The van der Waals surface area contributed by atoms with Gasteiger partial charge < -0.3 is 0 Å². The molecule has 13 heavy (non-hydrogen) atoms. The van der Waals surface area contributed by atoms with Crippen LogP contribution in [0.1, 0.15) is 0 Å². The van der Waals surface area contributed by atoms with Crippen molar-refractivity contribution in [2.24, 2.45) is 0 Å².